The molecule has 0 aliphatic rings. The number of amidine groups is 1. The van der Waals surface area contributed by atoms with Crippen LogP contribution < -0.4 is 11.1 Å². The van der Waals surface area contributed by atoms with Crippen molar-refractivity contribution in [2.75, 3.05) is 6.54 Å². The smallest absolute Gasteiger partial charge is 0.230 e. The summed E-state index contributed by atoms with van der Waals surface area (Å²) in [6.07, 6.45) is 2.11. The van der Waals surface area contributed by atoms with Gasteiger partial charge in [0.05, 0.1) is 5.41 Å². The zero-order chi connectivity index (χ0) is 15.0. The number of rotatable bonds is 7. The Labute approximate surface area is 119 Å². The van der Waals surface area contributed by atoms with Gasteiger partial charge in [-0.15, -0.1) is 0 Å². The lowest BCUT2D eigenvalue weighted by Gasteiger charge is -2.24. The minimum atomic E-state index is -0.549. The van der Waals surface area contributed by atoms with E-state index in [1.807, 2.05) is 44.2 Å². The quantitative estimate of drug-likeness (QED) is 0.234. The molecule has 0 aliphatic carbocycles. The molecular weight excluding hydrogens is 254 g/mol. The van der Waals surface area contributed by atoms with Crippen molar-refractivity contribution in [3.8, 4) is 0 Å². The fourth-order valence-electron chi connectivity index (χ4n) is 1.89. The van der Waals surface area contributed by atoms with E-state index in [1.165, 1.54) is 0 Å². The molecule has 0 spiro atoms. The molecule has 1 amide bonds. The van der Waals surface area contributed by atoms with Gasteiger partial charge in [0, 0.05) is 13.0 Å². The molecule has 5 nitrogen and oxygen atoms in total. The van der Waals surface area contributed by atoms with E-state index in [-0.39, 0.29) is 11.7 Å². The molecule has 5 heteroatoms. The molecular formula is C15H23N3O2. The topological polar surface area (TPSA) is 87.7 Å². The van der Waals surface area contributed by atoms with Gasteiger partial charge in [0.2, 0.25) is 5.91 Å². The Morgan fingerprint density at radius 2 is 1.95 bits per heavy atom. The Balaban J connectivity index is 2.39. The van der Waals surface area contributed by atoms with Crippen LogP contribution in [0.3, 0.4) is 0 Å². The van der Waals surface area contributed by atoms with Gasteiger partial charge in [0.1, 0.15) is 5.84 Å². The molecule has 0 saturated carbocycles. The van der Waals surface area contributed by atoms with Gasteiger partial charge in [-0.2, -0.15) is 0 Å². The number of hydrogen-bond acceptors (Lipinski definition) is 3. The molecule has 0 saturated heterocycles. The Kier molecular flexibility index (Phi) is 6.03. The molecule has 1 aromatic carbocycles. The maximum absolute atomic E-state index is 12.2. The minimum Gasteiger partial charge on any atom is -0.409 e. The van der Waals surface area contributed by atoms with E-state index < -0.39 is 5.41 Å². The van der Waals surface area contributed by atoms with Gasteiger partial charge in [-0.25, -0.2) is 0 Å². The highest BCUT2D eigenvalue weighted by molar-refractivity contribution is 5.87. The van der Waals surface area contributed by atoms with Crippen molar-refractivity contribution in [2.45, 2.75) is 38.5 Å². The molecule has 4 N–H and O–H groups in total. The largest absolute Gasteiger partial charge is 0.409 e. The fourth-order valence-corrected chi connectivity index (χ4v) is 1.89. The second-order valence-electron chi connectivity index (χ2n) is 5.30. The van der Waals surface area contributed by atoms with Crippen LogP contribution in [-0.4, -0.2) is 23.5 Å². The first-order valence-electron chi connectivity index (χ1n) is 6.78. The number of nitrogens with one attached hydrogen (secondary N) is 1. The van der Waals surface area contributed by atoms with Crippen molar-refractivity contribution < 1.29 is 10.0 Å². The molecule has 1 aromatic rings. The molecule has 0 fully saturated rings. The van der Waals surface area contributed by atoms with Crippen molar-refractivity contribution in [1.29, 1.82) is 0 Å². The highest BCUT2D eigenvalue weighted by Gasteiger charge is 2.28. The number of unbranched alkanes of at least 4 members (excludes halogenated alkanes) is 1. The molecule has 0 heterocycles. The number of benzene rings is 1. The van der Waals surface area contributed by atoms with E-state index in [0.29, 0.717) is 13.0 Å². The van der Waals surface area contributed by atoms with Crippen molar-refractivity contribution >= 4 is 11.7 Å². The van der Waals surface area contributed by atoms with Crippen LogP contribution in [0, 0.1) is 0 Å². The number of hydrogen-bond donors (Lipinski definition) is 3. The van der Waals surface area contributed by atoms with Crippen molar-refractivity contribution in [3.63, 3.8) is 0 Å². The number of nitrogens with two attached hydrogens (primary N) is 1. The molecule has 0 unspecified atom stereocenters. The molecule has 110 valence electrons. The zero-order valence-corrected chi connectivity index (χ0v) is 12.1. The lowest BCUT2D eigenvalue weighted by Crippen LogP contribution is -2.40. The first kappa shape index (κ1) is 16.0. The summed E-state index contributed by atoms with van der Waals surface area (Å²) in [4.78, 5) is 12.2. The summed E-state index contributed by atoms with van der Waals surface area (Å²) in [6.45, 7) is 4.41. The number of nitrogens with zero attached hydrogens (tertiary/aromatic N) is 1. The van der Waals surface area contributed by atoms with Gasteiger partial charge < -0.3 is 16.3 Å². The lowest BCUT2D eigenvalue weighted by molar-refractivity contribution is -0.125. The number of oxime groups is 1. The summed E-state index contributed by atoms with van der Waals surface area (Å²) >= 11 is 0. The first-order chi connectivity index (χ1) is 9.48. The van der Waals surface area contributed by atoms with Crippen LogP contribution >= 0.6 is 0 Å². The van der Waals surface area contributed by atoms with Crippen LogP contribution in [-0.2, 0) is 10.2 Å². The SMILES string of the molecule is CC(C)(C(=O)NCCCCC(N)=NO)c1ccccc1. The summed E-state index contributed by atoms with van der Waals surface area (Å²) < 4.78 is 0. The van der Waals surface area contributed by atoms with Crippen LogP contribution in [0.4, 0.5) is 0 Å². The third kappa shape index (κ3) is 4.57. The van der Waals surface area contributed by atoms with Crippen LogP contribution in [0.2, 0.25) is 0 Å². The van der Waals surface area contributed by atoms with E-state index in [0.717, 1.165) is 18.4 Å². The van der Waals surface area contributed by atoms with Crippen LogP contribution in [0.1, 0.15) is 38.7 Å². The van der Waals surface area contributed by atoms with Gasteiger partial charge in [-0.05, 0) is 32.3 Å². The monoisotopic (exact) mass is 277 g/mol. The van der Waals surface area contributed by atoms with Gasteiger partial charge in [0.25, 0.3) is 0 Å². The van der Waals surface area contributed by atoms with Crippen LogP contribution in [0.25, 0.3) is 0 Å². The Morgan fingerprint density at radius 1 is 1.30 bits per heavy atom. The summed E-state index contributed by atoms with van der Waals surface area (Å²) in [6, 6.07) is 9.71. The normalized spacial score (nSPS) is 12.2. The predicted octanol–water partition coefficient (Wildman–Crippen LogP) is 2.00. The second kappa shape index (κ2) is 7.53. The molecule has 1 rings (SSSR count). The summed E-state index contributed by atoms with van der Waals surface area (Å²) in [5, 5.41) is 14.2. The average Bonchev–Trinajstić information content (AvgIpc) is 2.47. The van der Waals surface area contributed by atoms with Gasteiger partial charge in [-0.3, -0.25) is 4.79 Å². The van der Waals surface area contributed by atoms with E-state index in [9.17, 15) is 4.79 Å². The van der Waals surface area contributed by atoms with E-state index >= 15 is 0 Å². The van der Waals surface area contributed by atoms with Crippen molar-refractivity contribution in [3.05, 3.63) is 35.9 Å². The van der Waals surface area contributed by atoms with E-state index in [1.54, 1.807) is 0 Å². The maximum atomic E-state index is 12.2. The minimum absolute atomic E-state index is 0.00694. The second-order valence-corrected chi connectivity index (χ2v) is 5.30. The van der Waals surface area contributed by atoms with Gasteiger partial charge >= 0.3 is 0 Å². The summed E-state index contributed by atoms with van der Waals surface area (Å²) in [7, 11) is 0. The van der Waals surface area contributed by atoms with E-state index in [4.69, 9.17) is 10.9 Å². The summed E-state index contributed by atoms with van der Waals surface area (Å²) in [5.74, 6) is 0.230. The Bertz CT molecular complexity index is 455. The van der Waals surface area contributed by atoms with Gasteiger partial charge in [-0.1, -0.05) is 35.5 Å². The third-order valence-corrected chi connectivity index (χ3v) is 3.34. The highest BCUT2D eigenvalue weighted by Crippen LogP contribution is 2.22. The van der Waals surface area contributed by atoms with Crippen LogP contribution in [0.5, 0.6) is 0 Å². The number of amides is 1. The third-order valence-electron chi connectivity index (χ3n) is 3.34. The standard InChI is InChI=1S/C15H23N3O2/c1-15(2,12-8-4-3-5-9-12)14(19)17-11-7-6-10-13(16)18-20/h3-5,8-9,20H,6-7,10-11H2,1-2H3,(H2,16,18)(H,17,19). The lowest BCUT2D eigenvalue weighted by atomic mass is 9.84. The molecule has 0 atom stereocenters. The molecule has 0 aliphatic heterocycles. The molecule has 20 heavy (non-hydrogen) atoms. The van der Waals surface area contributed by atoms with Crippen molar-refractivity contribution in [1.82, 2.24) is 5.32 Å². The Morgan fingerprint density at radius 3 is 2.55 bits per heavy atom. The Hall–Kier alpha value is -2.04. The predicted molar refractivity (Wildman–Crippen MR) is 79.7 cm³/mol. The number of carbonyl (C=O) groups is 1. The van der Waals surface area contributed by atoms with Crippen LogP contribution in [0.15, 0.2) is 35.5 Å². The fraction of sp³-hybridized carbons (Fsp3) is 0.467. The summed E-state index contributed by atoms with van der Waals surface area (Å²) in [5.41, 5.74) is 5.82. The van der Waals surface area contributed by atoms with E-state index in [2.05, 4.69) is 10.5 Å². The molecule has 0 aromatic heterocycles. The molecule has 0 bridgehead atoms. The zero-order valence-electron chi connectivity index (χ0n) is 12.1. The van der Waals surface area contributed by atoms with Gasteiger partial charge in [0.15, 0.2) is 0 Å². The first-order valence-corrected chi connectivity index (χ1v) is 6.78. The highest BCUT2D eigenvalue weighted by atomic mass is 16.4. The maximum Gasteiger partial charge on any atom is 0.230 e. The molecule has 0 radical (unpaired) electrons. The van der Waals surface area contributed by atoms with Crippen molar-refractivity contribution in [2.24, 2.45) is 10.9 Å². The number of carbonyl (C=O) groups excluding carboxylic acids is 1. The average molecular weight is 277 g/mol.